The van der Waals surface area contributed by atoms with Crippen LogP contribution in [0.2, 0.25) is 0 Å². The van der Waals surface area contributed by atoms with Gasteiger partial charge in [0, 0.05) is 39.3 Å². The highest BCUT2D eigenvalue weighted by Gasteiger charge is 2.04. The van der Waals surface area contributed by atoms with E-state index in [-0.39, 0.29) is 0 Å². The van der Waals surface area contributed by atoms with E-state index in [9.17, 15) is 0 Å². The maximum Gasteiger partial charge on any atom is 0.0589 e. The highest BCUT2D eigenvalue weighted by Crippen LogP contribution is 2.08. The molecule has 0 atom stereocenters. The molecule has 0 saturated heterocycles. The minimum Gasteiger partial charge on any atom is -0.383 e. The highest BCUT2D eigenvalue weighted by molar-refractivity contribution is 5.22. The Bertz CT molecular complexity index is 373. The zero-order valence-corrected chi connectivity index (χ0v) is 13.1. The van der Waals surface area contributed by atoms with Crippen LogP contribution in [0.25, 0.3) is 0 Å². The van der Waals surface area contributed by atoms with Crippen molar-refractivity contribution < 1.29 is 4.74 Å². The van der Waals surface area contributed by atoms with Gasteiger partial charge in [-0.1, -0.05) is 44.2 Å². The van der Waals surface area contributed by atoms with Crippen molar-refractivity contribution in [2.45, 2.75) is 33.0 Å². The first-order chi connectivity index (χ1) is 9.65. The Hall–Kier alpha value is -1.16. The highest BCUT2D eigenvalue weighted by atomic mass is 16.5. The summed E-state index contributed by atoms with van der Waals surface area (Å²) in [5.41, 5.74) is 2.66. The first-order valence-corrected chi connectivity index (χ1v) is 7.29. The van der Waals surface area contributed by atoms with Crippen molar-refractivity contribution in [1.82, 2.24) is 10.2 Å². The van der Waals surface area contributed by atoms with Crippen molar-refractivity contribution >= 4 is 0 Å². The quantitative estimate of drug-likeness (QED) is 0.665. The van der Waals surface area contributed by atoms with Crippen LogP contribution in [-0.4, -0.2) is 37.7 Å². The molecular weight excluding hydrogens is 248 g/mol. The molecule has 1 aromatic carbocycles. The molecule has 0 aliphatic carbocycles. The first kappa shape index (κ1) is 16.9. The molecule has 0 saturated carbocycles. The van der Waals surface area contributed by atoms with Gasteiger partial charge in [-0.05, 0) is 11.1 Å². The number of benzene rings is 1. The lowest BCUT2D eigenvalue weighted by Gasteiger charge is -2.20. The zero-order valence-electron chi connectivity index (χ0n) is 13.1. The predicted octanol–water partition coefficient (Wildman–Crippen LogP) is 2.82. The van der Waals surface area contributed by atoms with E-state index in [0.29, 0.717) is 6.04 Å². The third-order valence-corrected chi connectivity index (χ3v) is 3.14. The topological polar surface area (TPSA) is 24.5 Å². The molecule has 0 radical (unpaired) electrons. The van der Waals surface area contributed by atoms with E-state index in [4.69, 9.17) is 4.74 Å². The Balaban J connectivity index is 2.51. The van der Waals surface area contributed by atoms with Gasteiger partial charge in [0.15, 0.2) is 0 Å². The average Bonchev–Trinajstić information content (AvgIpc) is 2.44. The molecular formula is C17H28N2O. The molecule has 1 rings (SSSR count). The van der Waals surface area contributed by atoms with E-state index < -0.39 is 0 Å². The van der Waals surface area contributed by atoms with Gasteiger partial charge in [0.2, 0.25) is 0 Å². The minimum absolute atomic E-state index is 0.520. The van der Waals surface area contributed by atoms with Crippen molar-refractivity contribution in [3.8, 4) is 0 Å². The standard InChI is InChI=1S/C17H28N2O/c1-5-10-19(11-12-20-4)14-17-8-6-16(7-9-17)13-18-15(2)3/h5-9,15,18H,1,10-14H2,2-4H3. The van der Waals surface area contributed by atoms with Gasteiger partial charge in [-0.2, -0.15) is 0 Å². The van der Waals surface area contributed by atoms with Gasteiger partial charge >= 0.3 is 0 Å². The molecule has 0 heterocycles. The third kappa shape index (κ3) is 6.85. The van der Waals surface area contributed by atoms with Crippen LogP contribution in [0, 0.1) is 0 Å². The SMILES string of the molecule is C=CCN(CCOC)Cc1ccc(CNC(C)C)cc1. The Kier molecular flexibility index (Phi) is 8.19. The molecule has 0 aliphatic heterocycles. The van der Waals surface area contributed by atoms with E-state index in [1.54, 1.807) is 7.11 Å². The normalized spacial score (nSPS) is 11.2. The maximum atomic E-state index is 5.15. The number of rotatable bonds is 10. The summed E-state index contributed by atoms with van der Waals surface area (Å²) in [4.78, 5) is 2.33. The second-order valence-electron chi connectivity index (χ2n) is 5.37. The maximum absolute atomic E-state index is 5.15. The fraction of sp³-hybridized carbons (Fsp3) is 0.529. The van der Waals surface area contributed by atoms with Gasteiger partial charge in [-0.25, -0.2) is 0 Å². The number of hydrogen-bond donors (Lipinski definition) is 1. The smallest absolute Gasteiger partial charge is 0.0589 e. The van der Waals surface area contributed by atoms with Crippen LogP contribution in [0.3, 0.4) is 0 Å². The summed E-state index contributed by atoms with van der Waals surface area (Å²) < 4.78 is 5.15. The Morgan fingerprint density at radius 2 is 1.90 bits per heavy atom. The summed E-state index contributed by atoms with van der Waals surface area (Å²) in [5, 5.41) is 3.43. The first-order valence-electron chi connectivity index (χ1n) is 7.29. The Labute approximate surface area is 123 Å². The average molecular weight is 276 g/mol. The van der Waals surface area contributed by atoms with Crippen molar-refractivity contribution in [2.75, 3.05) is 26.8 Å². The molecule has 3 heteroatoms. The van der Waals surface area contributed by atoms with E-state index >= 15 is 0 Å². The predicted molar refractivity (Wildman–Crippen MR) is 85.8 cm³/mol. The molecule has 0 fully saturated rings. The van der Waals surface area contributed by atoms with Crippen LogP contribution in [0.1, 0.15) is 25.0 Å². The van der Waals surface area contributed by atoms with E-state index in [2.05, 4.69) is 54.9 Å². The lowest BCUT2D eigenvalue weighted by molar-refractivity contribution is 0.151. The van der Waals surface area contributed by atoms with Crippen molar-refractivity contribution in [3.63, 3.8) is 0 Å². The van der Waals surface area contributed by atoms with Crippen molar-refractivity contribution in [2.24, 2.45) is 0 Å². The van der Waals surface area contributed by atoms with E-state index in [1.807, 2.05) is 6.08 Å². The summed E-state index contributed by atoms with van der Waals surface area (Å²) in [6.45, 7) is 12.6. The summed E-state index contributed by atoms with van der Waals surface area (Å²) in [5.74, 6) is 0. The molecule has 0 amide bonds. The van der Waals surface area contributed by atoms with Crippen molar-refractivity contribution in [3.05, 3.63) is 48.0 Å². The molecule has 0 spiro atoms. The number of nitrogens with one attached hydrogen (secondary N) is 1. The summed E-state index contributed by atoms with van der Waals surface area (Å²) in [6.07, 6.45) is 1.94. The number of ether oxygens (including phenoxy) is 1. The van der Waals surface area contributed by atoms with Crippen LogP contribution in [0.5, 0.6) is 0 Å². The van der Waals surface area contributed by atoms with Gasteiger partial charge < -0.3 is 10.1 Å². The summed E-state index contributed by atoms with van der Waals surface area (Å²) >= 11 is 0. The molecule has 0 bridgehead atoms. The Morgan fingerprint density at radius 1 is 1.25 bits per heavy atom. The zero-order chi connectivity index (χ0) is 14.8. The number of hydrogen-bond acceptors (Lipinski definition) is 3. The van der Waals surface area contributed by atoms with Gasteiger partial charge in [0.05, 0.1) is 6.61 Å². The van der Waals surface area contributed by atoms with Gasteiger partial charge in [-0.15, -0.1) is 6.58 Å². The monoisotopic (exact) mass is 276 g/mol. The molecule has 20 heavy (non-hydrogen) atoms. The Morgan fingerprint density at radius 3 is 2.45 bits per heavy atom. The van der Waals surface area contributed by atoms with Gasteiger partial charge in [0.25, 0.3) is 0 Å². The molecule has 0 unspecified atom stereocenters. The lowest BCUT2D eigenvalue weighted by Crippen LogP contribution is -2.27. The van der Waals surface area contributed by atoms with Crippen LogP contribution in [0.15, 0.2) is 36.9 Å². The molecule has 3 nitrogen and oxygen atoms in total. The molecule has 1 N–H and O–H groups in total. The van der Waals surface area contributed by atoms with E-state index in [1.165, 1.54) is 11.1 Å². The fourth-order valence-corrected chi connectivity index (χ4v) is 1.98. The van der Waals surface area contributed by atoms with Crippen molar-refractivity contribution in [1.29, 1.82) is 0 Å². The number of nitrogens with zero attached hydrogens (tertiary/aromatic N) is 1. The fourth-order valence-electron chi connectivity index (χ4n) is 1.98. The number of methoxy groups -OCH3 is 1. The van der Waals surface area contributed by atoms with Crippen LogP contribution in [-0.2, 0) is 17.8 Å². The molecule has 1 aromatic rings. The molecule has 0 aromatic heterocycles. The van der Waals surface area contributed by atoms with Gasteiger partial charge in [-0.3, -0.25) is 4.90 Å². The van der Waals surface area contributed by atoms with Crippen LogP contribution >= 0.6 is 0 Å². The molecule has 112 valence electrons. The summed E-state index contributed by atoms with van der Waals surface area (Å²) in [6, 6.07) is 9.34. The second kappa shape index (κ2) is 9.70. The van der Waals surface area contributed by atoms with Crippen LogP contribution in [0.4, 0.5) is 0 Å². The third-order valence-electron chi connectivity index (χ3n) is 3.14. The largest absolute Gasteiger partial charge is 0.383 e. The van der Waals surface area contributed by atoms with Crippen LogP contribution < -0.4 is 5.32 Å². The van der Waals surface area contributed by atoms with E-state index in [0.717, 1.165) is 32.8 Å². The second-order valence-corrected chi connectivity index (χ2v) is 5.37. The van der Waals surface area contributed by atoms with Gasteiger partial charge in [0.1, 0.15) is 0 Å². The molecule has 0 aliphatic rings. The lowest BCUT2D eigenvalue weighted by atomic mass is 10.1. The minimum atomic E-state index is 0.520. The summed E-state index contributed by atoms with van der Waals surface area (Å²) in [7, 11) is 1.74.